The summed E-state index contributed by atoms with van der Waals surface area (Å²) in [5.41, 5.74) is 8.29. The maximum absolute atomic E-state index is 8.58. The number of aryl methyl sites for hydroxylation is 1. The van der Waals surface area contributed by atoms with Crippen molar-refractivity contribution < 1.29 is 4.79 Å². The molecule has 7 heteroatoms. The van der Waals surface area contributed by atoms with Crippen molar-refractivity contribution in [3.63, 3.8) is 0 Å². The number of nitrogens with zero attached hydrogens (tertiary/aromatic N) is 4. The van der Waals surface area contributed by atoms with E-state index in [0.29, 0.717) is 0 Å². The molecule has 134 valence electrons. The Hall–Kier alpha value is -3.09. The first-order valence-corrected chi connectivity index (χ1v) is 8.09. The molecule has 0 unspecified atom stereocenters. The summed E-state index contributed by atoms with van der Waals surface area (Å²) in [6, 6.07) is 10.1. The summed E-state index contributed by atoms with van der Waals surface area (Å²) in [5, 5.41) is 12.2. The number of hydrogen-bond donors (Lipinski definition) is 2. The van der Waals surface area contributed by atoms with Gasteiger partial charge >= 0.3 is 0 Å². The van der Waals surface area contributed by atoms with Crippen LogP contribution < -0.4 is 11.1 Å². The van der Waals surface area contributed by atoms with Gasteiger partial charge in [0, 0.05) is 31.4 Å². The van der Waals surface area contributed by atoms with Crippen molar-refractivity contribution in [1.29, 1.82) is 0 Å². The third-order valence-electron chi connectivity index (χ3n) is 3.34. The van der Waals surface area contributed by atoms with Gasteiger partial charge in [-0.1, -0.05) is 32.0 Å². The zero-order valence-corrected chi connectivity index (χ0v) is 15.4. The highest BCUT2D eigenvalue weighted by Gasteiger charge is 2.16. The van der Waals surface area contributed by atoms with E-state index in [4.69, 9.17) is 9.89 Å². The van der Waals surface area contributed by atoms with E-state index in [0.717, 1.165) is 28.3 Å². The Balaban J connectivity index is 0.000000567. The fraction of sp³-hybridized carbons (Fsp3) is 0.278. The van der Waals surface area contributed by atoms with Crippen LogP contribution in [-0.2, 0) is 11.8 Å². The van der Waals surface area contributed by atoms with Crippen molar-refractivity contribution in [3.05, 3.63) is 48.3 Å². The second-order valence-electron chi connectivity index (χ2n) is 4.86. The molecule has 0 aliphatic carbocycles. The van der Waals surface area contributed by atoms with E-state index in [-0.39, 0.29) is 6.41 Å². The molecule has 0 radical (unpaired) electrons. The number of aromatic nitrogens is 4. The van der Waals surface area contributed by atoms with E-state index in [1.165, 1.54) is 0 Å². The number of carbonyl (C=O) groups excluding carboxylic acids is 1. The molecule has 0 spiro atoms. The molecule has 0 saturated heterocycles. The summed E-state index contributed by atoms with van der Waals surface area (Å²) in [5.74, 6) is 0.995. The van der Waals surface area contributed by atoms with E-state index in [1.54, 1.807) is 4.68 Å². The summed E-state index contributed by atoms with van der Waals surface area (Å²) in [4.78, 5) is 8.58. The highest BCUT2D eigenvalue weighted by Crippen LogP contribution is 2.29. The second-order valence-corrected chi connectivity index (χ2v) is 4.86. The van der Waals surface area contributed by atoms with Crippen molar-refractivity contribution in [2.45, 2.75) is 20.8 Å². The van der Waals surface area contributed by atoms with E-state index in [9.17, 15) is 0 Å². The molecule has 3 N–H and O–H groups in total. The molecule has 7 nitrogen and oxygen atoms in total. The van der Waals surface area contributed by atoms with Crippen molar-refractivity contribution in [2.75, 3.05) is 12.4 Å². The van der Waals surface area contributed by atoms with Gasteiger partial charge in [-0.25, -0.2) is 4.68 Å². The van der Waals surface area contributed by atoms with Gasteiger partial charge in [0.15, 0.2) is 0 Å². The third-order valence-corrected chi connectivity index (χ3v) is 3.34. The minimum absolute atomic E-state index is 0.250. The van der Waals surface area contributed by atoms with Crippen LogP contribution in [-0.4, -0.2) is 33.0 Å². The molecular weight excluding hydrogens is 316 g/mol. The summed E-state index contributed by atoms with van der Waals surface area (Å²) < 4.78 is 3.72. The maximum atomic E-state index is 8.58. The lowest BCUT2D eigenvalue weighted by Crippen LogP contribution is -2.02. The first-order chi connectivity index (χ1) is 12.1. The summed E-state index contributed by atoms with van der Waals surface area (Å²) in [6.45, 7) is 6.07. The van der Waals surface area contributed by atoms with E-state index in [2.05, 4.69) is 23.1 Å². The van der Waals surface area contributed by atoms with Crippen molar-refractivity contribution >= 4 is 12.2 Å². The second kappa shape index (κ2) is 9.92. The van der Waals surface area contributed by atoms with Gasteiger partial charge in [-0.15, -0.1) is 0 Å². The van der Waals surface area contributed by atoms with Crippen molar-refractivity contribution in [3.8, 4) is 16.9 Å². The fourth-order valence-corrected chi connectivity index (χ4v) is 2.36. The smallest absolute Gasteiger partial charge is 0.204 e. The van der Waals surface area contributed by atoms with Gasteiger partial charge in [-0.3, -0.25) is 9.48 Å². The molecule has 3 aromatic rings. The lowest BCUT2D eigenvalue weighted by molar-refractivity contribution is -0.106. The Morgan fingerprint density at radius 2 is 1.80 bits per heavy atom. The highest BCUT2D eigenvalue weighted by atomic mass is 16.1. The predicted molar refractivity (Wildman–Crippen MR) is 102 cm³/mol. The number of carbonyl (C=O) groups is 1. The van der Waals surface area contributed by atoms with Crippen molar-refractivity contribution in [1.82, 2.24) is 19.6 Å². The van der Waals surface area contributed by atoms with Crippen molar-refractivity contribution in [2.24, 2.45) is 12.8 Å². The quantitative estimate of drug-likeness (QED) is 0.716. The van der Waals surface area contributed by atoms with Gasteiger partial charge in [0.05, 0.1) is 11.9 Å². The topological polar surface area (TPSA) is 90.8 Å². The number of nitrogens with one attached hydrogen (secondary N) is 1. The van der Waals surface area contributed by atoms with E-state index < -0.39 is 0 Å². The lowest BCUT2D eigenvalue weighted by atomic mass is 10.1. The number of primary amides is 1. The Labute approximate surface area is 148 Å². The van der Waals surface area contributed by atoms with Gasteiger partial charge < -0.3 is 11.1 Å². The molecule has 1 aromatic carbocycles. The predicted octanol–water partition coefficient (Wildman–Crippen LogP) is 2.75. The average Bonchev–Trinajstić information content (AvgIpc) is 3.21. The first-order valence-electron chi connectivity index (χ1n) is 8.09. The number of amides is 1. The van der Waals surface area contributed by atoms with Crippen LogP contribution in [0.15, 0.2) is 42.7 Å². The zero-order valence-electron chi connectivity index (χ0n) is 15.4. The van der Waals surface area contributed by atoms with Crippen LogP contribution in [0.25, 0.3) is 16.9 Å². The summed E-state index contributed by atoms with van der Waals surface area (Å²) in [7, 11) is 3.82. The van der Waals surface area contributed by atoms with E-state index in [1.807, 2.05) is 75.4 Å². The molecule has 2 heterocycles. The number of benzene rings is 1. The normalized spacial score (nSPS) is 9.32. The van der Waals surface area contributed by atoms with Crippen LogP contribution in [0.5, 0.6) is 0 Å². The van der Waals surface area contributed by atoms with Gasteiger partial charge in [0.25, 0.3) is 0 Å². The Kier molecular flexibility index (Phi) is 7.92. The van der Waals surface area contributed by atoms with Crippen LogP contribution in [0.2, 0.25) is 0 Å². The molecule has 0 bridgehead atoms. The average molecular weight is 342 g/mol. The number of hydrogen-bond acceptors (Lipinski definition) is 4. The molecule has 25 heavy (non-hydrogen) atoms. The minimum atomic E-state index is 0.250. The first kappa shape index (κ1) is 20.0. The van der Waals surface area contributed by atoms with Crippen LogP contribution in [0.1, 0.15) is 19.4 Å². The van der Waals surface area contributed by atoms with Crippen LogP contribution >= 0.6 is 0 Å². The van der Waals surface area contributed by atoms with Gasteiger partial charge in [-0.05, 0) is 19.1 Å². The maximum Gasteiger partial charge on any atom is 0.204 e. The molecular formula is C18H26N6O. The monoisotopic (exact) mass is 342 g/mol. The van der Waals surface area contributed by atoms with Crippen LogP contribution in [0.4, 0.5) is 5.82 Å². The lowest BCUT2D eigenvalue weighted by Gasteiger charge is -2.06. The molecule has 1 amide bonds. The highest BCUT2D eigenvalue weighted by molar-refractivity contribution is 5.69. The van der Waals surface area contributed by atoms with Crippen LogP contribution in [0.3, 0.4) is 0 Å². The summed E-state index contributed by atoms with van der Waals surface area (Å²) in [6.07, 6.45) is 4.06. The molecule has 0 aliphatic rings. The van der Waals surface area contributed by atoms with Gasteiger partial charge in [0.2, 0.25) is 6.41 Å². The number of nitrogens with two attached hydrogens (primary N) is 1. The molecule has 0 atom stereocenters. The molecule has 0 saturated carbocycles. The third kappa shape index (κ3) is 4.69. The van der Waals surface area contributed by atoms with Gasteiger partial charge in [-0.2, -0.15) is 10.2 Å². The largest absolute Gasteiger partial charge is 0.373 e. The van der Waals surface area contributed by atoms with E-state index >= 15 is 0 Å². The minimum Gasteiger partial charge on any atom is -0.373 e. The molecule has 0 fully saturated rings. The molecule has 2 aromatic heterocycles. The molecule has 3 rings (SSSR count). The van der Waals surface area contributed by atoms with Gasteiger partial charge in [0.1, 0.15) is 11.5 Å². The number of para-hydroxylation sites is 1. The number of anilines is 1. The fourth-order valence-electron chi connectivity index (χ4n) is 2.36. The Morgan fingerprint density at radius 3 is 2.28 bits per heavy atom. The Bertz CT molecular complexity index is 776. The Morgan fingerprint density at radius 1 is 1.20 bits per heavy atom. The zero-order chi connectivity index (χ0) is 18.8. The molecule has 0 aliphatic heterocycles. The standard InChI is InChI=1S/C15H17N5.C2H6.CH3NO/c1-11-14(12-9-17-19(3)10-12)18-20(15(11)16-2)13-7-5-4-6-8-13;1-2;2-1-3/h4-10,16H,1-3H3;1-2H3;1H,(H2,2,3). The van der Waals surface area contributed by atoms with Crippen LogP contribution in [0, 0.1) is 6.92 Å². The number of rotatable bonds is 3. The SMILES string of the molecule is CC.CNc1c(C)c(-c2cnn(C)c2)nn1-c1ccccc1.NC=O. The summed E-state index contributed by atoms with van der Waals surface area (Å²) >= 11 is 0.